The van der Waals surface area contributed by atoms with Gasteiger partial charge in [-0.15, -0.1) is 0 Å². The van der Waals surface area contributed by atoms with Crippen LogP contribution in [-0.2, 0) is 0 Å². The highest BCUT2D eigenvalue weighted by atomic mass is 16.1. The van der Waals surface area contributed by atoms with Gasteiger partial charge in [0.15, 0.2) is 0 Å². The number of imidazole rings is 1. The molecule has 5 heteroatoms. The van der Waals surface area contributed by atoms with Crippen LogP contribution >= 0.6 is 0 Å². The van der Waals surface area contributed by atoms with Crippen LogP contribution in [0.25, 0.3) is 11.0 Å². The van der Waals surface area contributed by atoms with Gasteiger partial charge in [-0.05, 0) is 36.4 Å². The Balaban J connectivity index is 0.000000149. The number of carbonyl (C=O) groups is 1. The number of rotatable bonds is 2. The van der Waals surface area contributed by atoms with Crippen molar-refractivity contribution in [2.24, 2.45) is 0 Å². The van der Waals surface area contributed by atoms with Gasteiger partial charge < -0.3 is 4.98 Å². The van der Waals surface area contributed by atoms with E-state index in [9.17, 15) is 4.79 Å². The summed E-state index contributed by atoms with van der Waals surface area (Å²) in [4.78, 5) is 26.7. The number of aromatic nitrogens is 4. The largest absolute Gasteiger partial charge is 0.345 e. The van der Waals surface area contributed by atoms with Crippen molar-refractivity contribution < 1.29 is 4.79 Å². The number of carbonyl (C=O) groups excluding carboxylic acids is 1. The number of para-hydroxylation sites is 2. The zero-order valence-corrected chi connectivity index (χ0v) is 12.3. The fourth-order valence-electron chi connectivity index (χ4n) is 2.00. The van der Waals surface area contributed by atoms with Crippen molar-refractivity contribution in [3.63, 3.8) is 0 Å². The Kier molecular flexibility index (Phi) is 4.49. The molecule has 0 fully saturated rings. The van der Waals surface area contributed by atoms with E-state index in [1.54, 1.807) is 55.1 Å². The molecule has 0 unspecified atom stereocenters. The molecule has 0 spiro atoms. The van der Waals surface area contributed by atoms with Gasteiger partial charge in [-0.2, -0.15) is 0 Å². The van der Waals surface area contributed by atoms with Gasteiger partial charge in [0, 0.05) is 12.4 Å². The molecule has 3 heterocycles. The van der Waals surface area contributed by atoms with Crippen molar-refractivity contribution in [2.75, 3.05) is 0 Å². The lowest BCUT2D eigenvalue weighted by Gasteiger charge is -1.97. The standard InChI is InChI=1S/C11H8N2O.C7H6N2/c14-11(9-5-1-3-7-12-9)10-6-2-4-8-13-10;1-2-4-7-6(3-1)8-5-9-7/h1-8H;1-5H,(H,8,9). The van der Waals surface area contributed by atoms with Crippen molar-refractivity contribution in [1.29, 1.82) is 0 Å². The summed E-state index contributed by atoms with van der Waals surface area (Å²) < 4.78 is 0. The van der Waals surface area contributed by atoms with Gasteiger partial charge in [0.1, 0.15) is 11.4 Å². The number of pyridine rings is 2. The predicted octanol–water partition coefficient (Wildman–Crippen LogP) is 3.27. The Morgan fingerprint density at radius 2 is 1.35 bits per heavy atom. The Hall–Kier alpha value is -3.34. The second-order valence-corrected chi connectivity index (χ2v) is 4.68. The molecule has 0 bridgehead atoms. The highest BCUT2D eigenvalue weighted by Gasteiger charge is 2.09. The molecule has 0 aliphatic rings. The van der Waals surface area contributed by atoms with Crippen molar-refractivity contribution in [1.82, 2.24) is 19.9 Å². The summed E-state index contributed by atoms with van der Waals surface area (Å²) in [7, 11) is 0. The van der Waals surface area contributed by atoms with Crippen LogP contribution in [0.15, 0.2) is 79.4 Å². The molecule has 0 atom stereocenters. The summed E-state index contributed by atoms with van der Waals surface area (Å²) in [5.41, 5.74) is 2.97. The van der Waals surface area contributed by atoms with E-state index in [-0.39, 0.29) is 5.78 Å². The van der Waals surface area contributed by atoms with E-state index in [1.165, 1.54) is 0 Å². The molecular weight excluding hydrogens is 288 g/mol. The van der Waals surface area contributed by atoms with E-state index >= 15 is 0 Å². The predicted molar refractivity (Wildman–Crippen MR) is 88.0 cm³/mol. The van der Waals surface area contributed by atoms with Gasteiger partial charge in [0.05, 0.1) is 17.4 Å². The van der Waals surface area contributed by atoms with Crippen LogP contribution in [0, 0.1) is 0 Å². The number of benzene rings is 1. The first-order valence-electron chi connectivity index (χ1n) is 7.09. The minimum atomic E-state index is -0.147. The lowest BCUT2D eigenvalue weighted by atomic mass is 10.2. The smallest absolute Gasteiger partial charge is 0.229 e. The minimum Gasteiger partial charge on any atom is -0.345 e. The van der Waals surface area contributed by atoms with Gasteiger partial charge in [-0.1, -0.05) is 24.3 Å². The molecule has 4 aromatic rings. The van der Waals surface area contributed by atoms with Crippen molar-refractivity contribution >= 4 is 16.8 Å². The Morgan fingerprint density at radius 1 is 0.739 bits per heavy atom. The fraction of sp³-hybridized carbons (Fsp3) is 0. The summed E-state index contributed by atoms with van der Waals surface area (Å²) in [6.07, 6.45) is 4.89. The number of H-pyrrole nitrogens is 1. The molecule has 0 saturated heterocycles. The van der Waals surface area contributed by atoms with E-state index in [0.29, 0.717) is 11.4 Å². The highest BCUT2D eigenvalue weighted by Crippen LogP contribution is 2.05. The third-order valence-corrected chi connectivity index (χ3v) is 3.12. The van der Waals surface area contributed by atoms with Gasteiger partial charge in [-0.25, -0.2) is 4.98 Å². The second-order valence-electron chi connectivity index (χ2n) is 4.68. The molecule has 0 aliphatic carbocycles. The number of hydrogen-bond donors (Lipinski definition) is 1. The molecule has 0 aliphatic heterocycles. The monoisotopic (exact) mass is 302 g/mol. The van der Waals surface area contributed by atoms with E-state index in [1.807, 2.05) is 24.3 Å². The molecule has 23 heavy (non-hydrogen) atoms. The summed E-state index contributed by atoms with van der Waals surface area (Å²) in [5.74, 6) is -0.147. The molecule has 5 nitrogen and oxygen atoms in total. The number of nitrogens with zero attached hydrogens (tertiary/aromatic N) is 3. The normalized spacial score (nSPS) is 9.91. The first-order valence-corrected chi connectivity index (χ1v) is 7.09. The number of nitrogens with one attached hydrogen (secondary N) is 1. The zero-order chi connectivity index (χ0) is 15.9. The van der Waals surface area contributed by atoms with E-state index in [2.05, 4.69) is 19.9 Å². The van der Waals surface area contributed by atoms with Crippen LogP contribution in [0.5, 0.6) is 0 Å². The van der Waals surface area contributed by atoms with Crippen molar-refractivity contribution in [3.8, 4) is 0 Å². The van der Waals surface area contributed by atoms with E-state index in [0.717, 1.165) is 11.0 Å². The van der Waals surface area contributed by atoms with Crippen LogP contribution in [0.4, 0.5) is 0 Å². The molecule has 3 aromatic heterocycles. The quantitative estimate of drug-likeness (QED) is 0.577. The van der Waals surface area contributed by atoms with Crippen LogP contribution in [-0.4, -0.2) is 25.7 Å². The number of fused-ring (bicyclic) bond motifs is 1. The van der Waals surface area contributed by atoms with Gasteiger partial charge in [0.25, 0.3) is 0 Å². The Bertz CT molecular complexity index is 817. The summed E-state index contributed by atoms with van der Waals surface area (Å²) in [5, 5.41) is 0. The molecule has 0 amide bonds. The molecule has 1 aromatic carbocycles. The highest BCUT2D eigenvalue weighted by molar-refractivity contribution is 6.06. The Labute approximate surface area is 133 Å². The average molecular weight is 302 g/mol. The number of ketones is 1. The molecule has 0 radical (unpaired) electrons. The first-order chi connectivity index (χ1) is 11.3. The van der Waals surface area contributed by atoms with Crippen LogP contribution in [0.1, 0.15) is 16.2 Å². The summed E-state index contributed by atoms with van der Waals surface area (Å²) in [6, 6.07) is 18.4. The third kappa shape index (κ3) is 3.65. The summed E-state index contributed by atoms with van der Waals surface area (Å²) in [6.45, 7) is 0. The van der Waals surface area contributed by atoms with Crippen molar-refractivity contribution in [3.05, 3.63) is 90.8 Å². The summed E-state index contributed by atoms with van der Waals surface area (Å²) >= 11 is 0. The van der Waals surface area contributed by atoms with E-state index < -0.39 is 0 Å². The first kappa shape index (κ1) is 14.6. The molecule has 4 rings (SSSR count). The molecule has 1 N–H and O–H groups in total. The number of hydrogen-bond acceptors (Lipinski definition) is 4. The fourth-order valence-corrected chi connectivity index (χ4v) is 2.00. The minimum absolute atomic E-state index is 0.147. The Morgan fingerprint density at radius 3 is 1.91 bits per heavy atom. The maximum absolute atomic E-state index is 11.7. The molecule has 112 valence electrons. The van der Waals surface area contributed by atoms with Crippen molar-refractivity contribution in [2.45, 2.75) is 0 Å². The maximum atomic E-state index is 11.7. The van der Waals surface area contributed by atoms with Gasteiger partial charge in [-0.3, -0.25) is 14.8 Å². The van der Waals surface area contributed by atoms with E-state index in [4.69, 9.17) is 0 Å². The van der Waals surface area contributed by atoms with Crippen LogP contribution in [0.2, 0.25) is 0 Å². The zero-order valence-electron chi connectivity index (χ0n) is 12.3. The topological polar surface area (TPSA) is 71.5 Å². The second kappa shape index (κ2) is 7.09. The third-order valence-electron chi connectivity index (χ3n) is 3.12. The average Bonchev–Trinajstić information content (AvgIpc) is 3.12. The van der Waals surface area contributed by atoms with Crippen LogP contribution < -0.4 is 0 Å². The maximum Gasteiger partial charge on any atom is 0.229 e. The van der Waals surface area contributed by atoms with Gasteiger partial charge >= 0.3 is 0 Å². The van der Waals surface area contributed by atoms with Crippen LogP contribution in [0.3, 0.4) is 0 Å². The lowest BCUT2D eigenvalue weighted by Crippen LogP contribution is -2.05. The molecular formula is C18H14N4O. The lowest BCUT2D eigenvalue weighted by molar-refractivity contribution is 0.103. The molecule has 0 saturated carbocycles. The van der Waals surface area contributed by atoms with Gasteiger partial charge in [0.2, 0.25) is 5.78 Å². The SMILES string of the molecule is O=C(c1ccccn1)c1ccccn1.c1ccc2[nH]cnc2c1. The number of aromatic amines is 1.